The molecule has 3 heterocycles. The van der Waals surface area contributed by atoms with E-state index < -0.39 is 0 Å². The summed E-state index contributed by atoms with van der Waals surface area (Å²) in [4.78, 5) is 22.1. The van der Waals surface area contributed by atoms with Gasteiger partial charge in [0.15, 0.2) is 0 Å². The van der Waals surface area contributed by atoms with E-state index >= 15 is 0 Å². The Kier molecular flexibility index (Phi) is 4.58. The molecule has 0 radical (unpaired) electrons. The van der Waals surface area contributed by atoms with Gasteiger partial charge in [-0.3, -0.25) is 9.20 Å². The summed E-state index contributed by atoms with van der Waals surface area (Å²) in [6, 6.07) is 12.0. The molecule has 4 rings (SSSR count). The summed E-state index contributed by atoms with van der Waals surface area (Å²) in [5, 5.41) is 3.01. The maximum atomic E-state index is 12.9. The van der Waals surface area contributed by atoms with Gasteiger partial charge in [-0.1, -0.05) is 6.07 Å². The van der Waals surface area contributed by atoms with E-state index in [1.165, 1.54) is 5.69 Å². The molecule has 1 N–H and O–H groups in total. The number of pyridine rings is 1. The van der Waals surface area contributed by atoms with E-state index in [9.17, 15) is 4.79 Å². The van der Waals surface area contributed by atoms with E-state index in [-0.39, 0.29) is 5.91 Å². The zero-order valence-corrected chi connectivity index (χ0v) is 16.1. The zero-order valence-electron chi connectivity index (χ0n) is 16.1. The third-order valence-corrected chi connectivity index (χ3v) is 5.15. The van der Waals surface area contributed by atoms with Crippen LogP contribution in [0.2, 0.25) is 0 Å². The van der Waals surface area contributed by atoms with Crippen LogP contribution < -0.4 is 10.2 Å². The summed E-state index contributed by atoms with van der Waals surface area (Å²) in [7, 11) is 2.15. The van der Waals surface area contributed by atoms with E-state index in [1.54, 1.807) is 0 Å². The number of carbonyl (C=O) groups excluding carboxylic acids is 1. The lowest BCUT2D eigenvalue weighted by Gasteiger charge is -2.34. The number of aromatic nitrogens is 2. The van der Waals surface area contributed by atoms with Crippen LogP contribution in [-0.2, 0) is 0 Å². The number of nitrogens with zero attached hydrogens (tertiary/aromatic N) is 4. The van der Waals surface area contributed by atoms with Crippen molar-refractivity contribution >= 4 is 22.9 Å². The number of imidazole rings is 1. The minimum Gasteiger partial charge on any atom is -0.369 e. The first-order valence-corrected chi connectivity index (χ1v) is 9.31. The molecule has 0 aliphatic carbocycles. The van der Waals surface area contributed by atoms with Gasteiger partial charge >= 0.3 is 0 Å². The molecule has 1 aromatic carbocycles. The van der Waals surface area contributed by atoms with Gasteiger partial charge in [0.2, 0.25) is 0 Å². The predicted octanol–water partition coefficient (Wildman–Crippen LogP) is 2.96. The monoisotopic (exact) mass is 363 g/mol. The fourth-order valence-corrected chi connectivity index (χ4v) is 3.55. The Hall–Kier alpha value is -2.86. The highest BCUT2D eigenvalue weighted by Crippen LogP contribution is 2.21. The summed E-state index contributed by atoms with van der Waals surface area (Å²) in [6.45, 7) is 8.09. The fraction of sp³-hybridized carbons (Fsp3) is 0.333. The summed E-state index contributed by atoms with van der Waals surface area (Å²) >= 11 is 0. The molecule has 1 aliphatic rings. The smallest absolute Gasteiger partial charge is 0.274 e. The van der Waals surface area contributed by atoms with Crippen molar-refractivity contribution in [2.75, 3.05) is 43.4 Å². The van der Waals surface area contributed by atoms with Crippen molar-refractivity contribution in [3.8, 4) is 0 Å². The topological polar surface area (TPSA) is 52.9 Å². The highest BCUT2D eigenvalue weighted by atomic mass is 16.2. The van der Waals surface area contributed by atoms with Gasteiger partial charge in [0.05, 0.1) is 5.69 Å². The number of anilines is 2. The van der Waals surface area contributed by atoms with E-state index in [1.807, 2.05) is 48.7 Å². The number of nitrogens with one attached hydrogen (secondary N) is 1. The van der Waals surface area contributed by atoms with Crippen molar-refractivity contribution in [2.45, 2.75) is 13.8 Å². The third kappa shape index (κ3) is 3.53. The Morgan fingerprint density at radius 1 is 1.00 bits per heavy atom. The van der Waals surface area contributed by atoms with Crippen molar-refractivity contribution < 1.29 is 4.79 Å². The van der Waals surface area contributed by atoms with Crippen LogP contribution in [0.1, 0.15) is 21.7 Å². The van der Waals surface area contributed by atoms with Gasteiger partial charge in [-0.05, 0) is 56.8 Å². The molecule has 1 fully saturated rings. The Balaban J connectivity index is 1.52. The Bertz CT molecular complexity index is 968. The van der Waals surface area contributed by atoms with Crippen LogP contribution in [0, 0.1) is 13.8 Å². The molecule has 6 nitrogen and oxygen atoms in total. The van der Waals surface area contributed by atoms with Crippen LogP contribution in [0.25, 0.3) is 5.65 Å². The minimum atomic E-state index is -0.141. The number of likely N-dealkylation sites (N-methyl/N-ethyl adjacent to an activating group) is 1. The number of benzene rings is 1. The highest BCUT2D eigenvalue weighted by Gasteiger charge is 2.18. The van der Waals surface area contributed by atoms with Crippen LogP contribution in [-0.4, -0.2) is 53.4 Å². The van der Waals surface area contributed by atoms with Gasteiger partial charge < -0.3 is 15.1 Å². The maximum Gasteiger partial charge on any atom is 0.274 e. The molecule has 0 bridgehead atoms. The first-order valence-electron chi connectivity index (χ1n) is 9.31. The molecule has 27 heavy (non-hydrogen) atoms. The Labute approximate surface area is 159 Å². The average molecular weight is 363 g/mol. The van der Waals surface area contributed by atoms with Crippen LogP contribution in [0.5, 0.6) is 0 Å². The highest BCUT2D eigenvalue weighted by molar-refractivity contribution is 6.04. The SMILES string of the molecule is Cc1ccc2nc(C)c(C(=O)Nc3ccc(N4CCN(C)CC4)cc3)n2c1. The molecule has 0 atom stereocenters. The maximum absolute atomic E-state index is 12.9. The number of rotatable bonds is 3. The summed E-state index contributed by atoms with van der Waals surface area (Å²) in [6.07, 6.45) is 1.95. The Morgan fingerprint density at radius 3 is 2.41 bits per heavy atom. The zero-order chi connectivity index (χ0) is 19.0. The molecule has 2 aromatic heterocycles. The molecule has 0 spiro atoms. The number of amides is 1. The van der Waals surface area contributed by atoms with Crippen LogP contribution in [0.3, 0.4) is 0 Å². The van der Waals surface area contributed by atoms with Crippen LogP contribution in [0.4, 0.5) is 11.4 Å². The summed E-state index contributed by atoms with van der Waals surface area (Å²) in [5.41, 5.74) is 5.17. The lowest BCUT2D eigenvalue weighted by atomic mass is 10.2. The summed E-state index contributed by atoms with van der Waals surface area (Å²) < 4.78 is 1.86. The van der Waals surface area contributed by atoms with E-state index in [0.717, 1.165) is 48.8 Å². The predicted molar refractivity (Wildman–Crippen MR) is 109 cm³/mol. The average Bonchev–Trinajstić information content (AvgIpc) is 2.98. The van der Waals surface area contributed by atoms with E-state index in [4.69, 9.17) is 0 Å². The van der Waals surface area contributed by atoms with Gasteiger partial charge in [-0.2, -0.15) is 0 Å². The van der Waals surface area contributed by atoms with Crippen LogP contribution in [0.15, 0.2) is 42.6 Å². The van der Waals surface area contributed by atoms with Crippen molar-refractivity contribution in [1.29, 1.82) is 0 Å². The molecule has 3 aromatic rings. The summed E-state index contributed by atoms with van der Waals surface area (Å²) in [5.74, 6) is -0.141. The molecule has 1 saturated heterocycles. The quantitative estimate of drug-likeness (QED) is 0.777. The van der Waals surface area contributed by atoms with Gasteiger partial charge in [0, 0.05) is 43.8 Å². The number of aryl methyl sites for hydroxylation is 2. The van der Waals surface area contributed by atoms with E-state index in [0.29, 0.717) is 5.69 Å². The fourth-order valence-electron chi connectivity index (χ4n) is 3.55. The van der Waals surface area contributed by atoms with Crippen molar-refractivity contribution in [1.82, 2.24) is 14.3 Å². The van der Waals surface area contributed by atoms with Crippen molar-refractivity contribution in [3.63, 3.8) is 0 Å². The second kappa shape index (κ2) is 7.04. The third-order valence-electron chi connectivity index (χ3n) is 5.15. The van der Waals surface area contributed by atoms with Crippen LogP contribution >= 0.6 is 0 Å². The molecule has 0 unspecified atom stereocenters. The second-order valence-corrected chi connectivity index (χ2v) is 7.27. The largest absolute Gasteiger partial charge is 0.369 e. The molecular formula is C21H25N5O. The Morgan fingerprint density at radius 2 is 1.70 bits per heavy atom. The number of carbonyl (C=O) groups is 1. The standard InChI is InChI=1S/C21H25N5O/c1-15-4-9-19-22-16(2)20(26(19)14-15)21(27)23-17-5-7-18(8-6-17)25-12-10-24(3)11-13-25/h4-9,14H,10-13H2,1-3H3,(H,23,27). The van der Waals surface area contributed by atoms with Gasteiger partial charge in [-0.15, -0.1) is 0 Å². The normalized spacial score (nSPS) is 15.3. The van der Waals surface area contributed by atoms with Crippen molar-refractivity contribution in [3.05, 3.63) is 59.5 Å². The number of piperazine rings is 1. The molecule has 1 aliphatic heterocycles. The first-order chi connectivity index (χ1) is 13.0. The van der Waals surface area contributed by atoms with Gasteiger partial charge in [-0.25, -0.2) is 4.98 Å². The lowest BCUT2D eigenvalue weighted by Crippen LogP contribution is -2.44. The number of hydrogen-bond donors (Lipinski definition) is 1. The van der Waals surface area contributed by atoms with Gasteiger partial charge in [0.1, 0.15) is 11.3 Å². The molecule has 0 saturated carbocycles. The molecular weight excluding hydrogens is 338 g/mol. The lowest BCUT2D eigenvalue weighted by molar-refractivity contribution is 0.102. The van der Waals surface area contributed by atoms with Gasteiger partial charge in [0.25, 0.3) is 5.91 Å². The second-order valence-electron chi connectivity index (χ2n) is 7.27. The van der Waals surface area contributed by atoms with E-state index in [2.05, 4.69) is 39.3 Å². The molecule has 6 heteroatoms. The molecule has 1 amide bonds. The van der Waals surface area contributed by atoms with Crippen molar-refractivity contribution in [2.24, 2.45) is 0 Å². The minimum absolute atomic E-state index is 0.141. The molecule has 140 valence electrons. The number of hydrogen-bond acceptors (Lipinski definition) is 4. The number of fused-ring (bicyclic) bond motifs is 1. The first kappa shape index (κ1) is 17.5.